The summed E-state index contributed by atoms with van der Waals surface area (Å²) in [4.78, 5) is 3.93. The van der Waals surface area contributed by atoms with E-state index in [1.807, 2.05) is 27.7 Å². The van der Waals surface area contributed by atoms with Crippen molar-refractivity contribution in [1.82, 2.24) is 4.98 Å². The first-order valence-corrected chi connectivity index (χ1v) is 5.78. The molecule has 0 amide bonds. The predicted molar refractivity (Wildman–Crippen MR) is 64.9 cm³/mol. The van der Waals surface area contributed by atoms with Gasteiger partial charge in [-0.15, -0.1) is 0 Å². The number of rotatable bonds is 1. The van der Waals surface area contributed by atoms with Gasteiger partial charge in [-0.1, -0.05) is 11.6 Å². The second-order valence-corrected chi connectivity index (χ2v) is 5.48. The molecule has 0 aliphatic carbocycles. The highest BCUT2D eigenvalue weighted by atomic mass is 35.5. The fraction of sp³-hybridized carbons (Fsp3) is 0.545. The maximum atomic E-state index is 13.6. The highest BCUT2D eigenvalue weighted by molar-refractivity contribution is 6.61. The van der Waals surface area contributed by atoms with Crippen LogP contribution in [0.5, 0.6) is 0 Å². The van der Waals surface area contributed by atoms with Crippen molar-refractivity contribution in [2.24, 2.45) is 0 Å². The molecule has 1 saturated heterocycles. The fourth-order valence-corrected chi connectivity index (χ4v) is 1.71. The van der Waals surface area contributed by atoms with E-state index in [-0.39, 0.29) is 10.7 Å². The molecule has 2 heterocycles. The van der Waals surface area contributed by atoms with Gasteiger partial charge in [-0.05, 0) is 39.8 Å². The zero-order valence-corrected chi connectivity index (χ0v) is 11.0. The number of pyridine rings is 1. The molecule has 2 rings (SSSR count). The number of hydrogen-bond acceptors (Lipinski definition) is 3. The van der Waals surface area contributed by atoms with Crippen LogP contribution in [-0.4, -0.2) is 23.3 Å². The van der Waals surface area contributed by atoms with E-state index in [1.54, 1.807) is 0 Å². The van der Waals surface area contributed by atoms with E-state index in [9.17, 15) is 4.39 Å². The van der Waals surface area contributed by atoms with Gasteiger partial charge in [0.1, 0.15) is 16.6 Å². The summed E-state index contributed by atoms with van der Waals surface area (Å²) in [5, 5.41) is 0.219. The SMILES string of the molecule is CC1(C)OB(c2nc(Cl)ccc2F)OC1(C)C. The number of aromatic nitrogens is 1. The molecule has 1 aliphatic rings. The van der Waals surface area contributed by atoms with Gasteiger partial charge in [0.2, 0.25) is 0 Å². The quantitative estimate of drug-likeness (QED) is 0.571. The molecule has 0 atom stereocenters. The van der Waals surface area contributed by atoms with Crippen LogP contribution in [0.15, 0.2) is 12.1 Å². The van der Waals surface area contributed by atoms with E-state index in [0.29, 0.717) is 0 Å². The first kappa shape index (κ1) is 12.8. The van der Waals surface area contributed by atoms with Gasteiger partial charge < -0.3 is 9.31 Å². The highest BCUT2D eigenvalue weighted by Crippen LogP contribution is 2.36. The molecule has 6 heteroatoms. The average molecular weight is 258 g/mol. The maximum Gasteiger partial charge on any atom is 0.517 e. The lowest BCUT2D eigenvalue weighted by Gasteiger charge is -2.32. The van der Waals surface area contributed by atoms with Gasteiger partial charge in [-0.25, -0.2) is 9.37 Å². The number of hydrogen-bond donors (Lipinski definition) is 0. The molecular weight excluding hydrogens is 243 g/mol. The molecule has 0 unspecified atom stereocenters. The molecule has 0 bridgehead atoms. The number of nitrogens with zero attached hydrogens (tertiary/aromatic N) is 1. The summed E-state index contributed by atoms with van der Waals surface area (Å²) in [6.07, 6.45) is 0. The largest absolute Gasteiger partial charge is 0.517 e. The van der Waals surface area contributed by atoms with Crippen molar-refractivity contribution >= 4 is 24.3 Å². The second-order valence-electron chi connectivity index (χ2n) is 5.09. The normalized spacial score (nSPS) is 21.9. The Kier molecular flexibility index (Phi) is 2.96. The van der Waals surface area contributed by atoms with Gasteiger partial charge >= 0.3 is 7.12 Å². The fourth-order valence-electron chi connectivity index (χ4n) is 1.55. The Labute approximate surface area is 105 Å². The average Bonchev–Trinajstić information content (AvgIpc) is 2.40. The number of halogens is 2. The molecule has 0 spiro atoms. The molecule has 92 valence electrons. The van der Waals surface area contributed by atoms with E-state index >= 15 is 0 Å². The Hall–Kier alpha value is -0.645. The Bertz CT molecular complexity index is 437. The van der Waals surface area contributed by atoms with Crippen LogP contribution in [0.25, 0.3) is 0 Å². The van der Waals surface area contributed by atoms with E-state index in [1.165, 1.54) is 12.1 Å². The Morgan fingerprint density at radius 2 is 1.71 bits per heavy atom. The van der Waals surface area contributed by atoms with E-state index in [2.05, 4.69) is 4.98 Å². The van der Waals surface area contributed by atoms with Crippen molar-refractivity contribution in [3.63, 3.8) is 0 Å². The van der Waals surface area contributed by atoms with Gasteiger partial charge in [0.15, 0.2) is 0 Å². The van der Waals surface area contributed by atoms with Crippen LogP contribution >= 0.6 is 11.6 Å². The summed E-state index contributed by atoms with van der Waals surface area (Å²) < 4.78 is 25.0. The topological polar surface area (TPSA) is 31.4 Å². The van der Waals surface area contributed by atoms with Crippen LogP contribution < -0.4 is 5.59 Å². The summed E-state index contributed by atoms with van der Waals surface area (Å²) in [5.41, 5.74) is -0.946. The third-order valence-corrected chi connectivity index (χ3v) is 3.53. The summed E-state index contributed by atoms with van der Waals surface area (Å²) in [5.74, 6) is -0.479. The van der Waals surface area contributed by atoms with Crippen molar-refractivity contribution in [3.8, 4) is 0 Å². The minimum absolute atomic E-state index is 0.0937. The zero-order valence-electron chi connectivity index (χ0n) is 10.3. The summed E-state index contributed by atoms with van der Waals surface area (Å²) in [7, 11) is -0.821. The highest BCUT2D eigenvalue weighted by Gasteiger charge is 2.53. The van der Waals surface area contributed by atoms with Crippen LogP contribution in [0.2, 0.25) is 5.15 Å². The molecule has 1 fully saturated rings. The van der Waals surface area contributed by atoms with E-state index < -0.39 is 24.1 Å². The minimum Gasteiger partial charge on any atom is -0.398 e. The van der Waals surface area contributed by atoms with Crippen molar-refractivity contribution in [3.05, 3.63) is 23.1 Å². The van der Waals surface area contributed by atoms with Gasteiger partial charge in [0.05, 0.1) is 11.2 Å². The van der Waals surface area contributed by atoms with E-state index in [0.717, 1.165) is 0 Å². The van der Waals surface area contributed by atoms with Gasteiger partial charge in [0, 0.05) is 0 Å². The van der Waals surface area contributed by atoms with Crippen LogP contribution in [0.4, 0.5) is 4.39 Å². The molecule has 1 aliphatic heterocycles. The molecule has 0 aromatic carbocycles. The molecular formula is C11H14BClFNO2. The Balaban J connectivity index is 2.35. The first-order valence-electron chi connectivity index (χ1n) is 5.40. The molecule has 1 aromatic rings. The second kappa shape index (κ2) is 3.94. The standard InChI is InChI=1S/C11H14BClFNO2/c1-10(2)11(3,4)17-12(16-10)9-7(14)5-6-8(13)15-9/h5-6H,1-4H3. The van der Waals surface area contributed by atoms with Gasteiger partial charge in [0.25, 0.3) is 0 Å². The third-order valence-electron chi connectivity index (χ3n) is 3.32. The molecule has 3 nitrogen and oxygen atoms in total. The lowest BCUT2D eigenvalue weighted by molar-refractivity contribution is 0.00578. The van der Waals surface area contributed by atoms with Crippen molar-refractivity contribution < 1.29 is 13.7 Å². The van der Waals surface area contributed by atoms with E-state index in [4.69, 9.17) is 20.9 Å². The predicted octanol–water partition coefficient (Wildman–Crippen LogP) is 2.17. The smallest absolute Gasteiger partial charge is 0.398 e. The van der Waals surface area contributed by atoms with Crippen molar-refractivity contribution in [1.29, 1.82) is 0 Å². The summed E-state index contributed by atoms with van der Waals surface area (Å²) in [6.45, 7) is 7.59. The van der Waals surface area contributed by atoms with Gasteiger partial charge in [-0.2, -0.15) is 0 Å². The van der Waals surface area contributed by atoms with Crippen LogP contribution in [0.3, 0.4) is 0 Å². The lowest BCUT2D eigenvalue weighted by atomic mass is 9.84. The first-order chi connectivity index (χ1) is 7.73. The van der Waals surface area contributed by atoms with Crippen molar-refractivity contribution in [2.75, 3.05) is 0 Å². The Morgan fingerprint density at radius 1 is 1.18 bits per heavy atom. The monoisotopic (exact) mass is 257 g/mol. The van der Waals surface area contributed by atoms with Gasteiger partial charge in [-0.3, -0.25) is 0 Å². The summed E-state index contributed by atoms with van der Waals surface area (Å²) >= 11 is 5.75. The third kappa shape index (κ3) is 2.19. The van der Waals surface area contributed by atoms with Crippen LogP contribution in [-0.2, 0) is 9.31 Å². The van der Waals surface area contributed by atoms with Crippen LogP contribution in [0.1, 0.15) is 27.7 Å². The zero-order chi connectivity index (χ0) is 12.8. The van der Waals surface area contributed by atoms with Crippen LogP contribution in [0, 0.1) is 5.82 Å². The Morgan fingerprint density at radius 3 is 2.24 bits per heavy atom. The lowest BCUT2D eigenvalue weighted by Crippen LogP contribution is -2.41. The molecule has 1 aromatic heterocycles. The van der Waals surface area contributed by atoms with Crippen molar-refractivity contribution in [2.45, 2.75) is 38.9 Å². The minimum atomic E-state index is -0.821. The molecule has 0 saturated carbocycles. The molecule has 0 N–H and O–H groups in total. The molecule has 17 heavy (non-hydrogen) atoms. The maximum absolute atomic E-state index is 13.6. The molecule has 0 radical (unpaired) electrons. The summed E-state index contributed by atoms with van der Waals surface area (Å²) in [6, 6.07) is 2.65.